The fourth-order valence-corrected chi connectivity index (χ4v) is 2.38. The highest BCUT2D eigenvalue weighted by Crippen LogP contribution is 2.25. The molecule has 0 bridgehead atoms. The lowest BCUT2D eigenvalue weighted by Crippen LogP contribution is -2.35. The van der Waals surface area contributed by atoms with Gasteiger partial charge in [0, 0.05) is 26.2 Å². The van der Waals surface area contributed by atoms with Gasteiger partial charge >= 0.3 is 0 Å². The lowest BCUT2D eigenvalue weighted by atomic mass is 10.1. The van der Waals surface area contributed by atoms with Crippen LogP contribution in [0.15, 0.2) is 30.4 Å². The summed E-state index contributed by atoms with van der Waals surface area (Å²) in [6.07, 6.45) is 5.37. The third kappa shape index (κ3) is 4.25. The molecule has 2 rings (SSSR count). The van der Waals surface area contributed by atoms with Crippen LogP contribution in [0, 0.1) is 0 Å². The van der Waals surface area contributed by atoms with Crippen LogP contribution in [0.5, 0.6) is 0 Å². The summed E-state index contributed by atoms with van der Waals surface area (Å²) in [5, 5.41) is 3.44. The molecule has 0 unspecified atom stereocenters. The summed E-state index contributed by atoms with van der Waals surface area (Å²) in [6, 6.07) is 6.13. The highest BCUT2D eigenvalue weighted by Gasteiger charge is 2.13. The number of nitrogens with one attached hydrogen (secondary N) is 1. The summed E-state index contributed by atoms with van der Waals surface area (Å²) in [7, 11) is 0. The molecule has 0 amide bonds. The van der Waals surface area contributed by atoms with E-state index in [9.17, 15) is 0 Å². The fraction of sp³-hybridized carbons (Fsp3) is 0.500. The Bertz CT molecular complexity index is 439. The average molecular weight is 275 g/mol. The Kier molecular flexibility index (Phi) is 5.89. The van der Waals surface area contributed by atoms with Crippen LogP contribution in [-0.2, 0) is 11.3 Å². The molecule has 110 valence electrons. The monoisotopic (exact) mass is 275 g/mol. The number of hydrogen-bond donors (Lipinski definition) is 2. The Morgan fingerprint density at radius 2 is 2.10 bits per heavy atom. The number of nitrogens with zero attached hydrogens (tertiary/aromatic N) is 1. The molecule has 0 aromatic heterocycles. The first-order valence-electron chi connectivity index (χ1n) is 7.37. The molecule has 4 heteroatoms. The lowest BCUT2D eigenvalue weighted by molar-refractivity contribution is 0.0343. The van der Waals surface area contributed by atoms with Gasteiger partial charge in [0.15, 0.2) is 0 Å². The second kappa shape index (κ2) is 7.92. The van der Waals surface area contributed by atoms with Gasteiger partial charge in [-0.05, 0) is 18.1 Å². The Morgan fingerprint density at radius 3 is 2.85 bits per heavy atom. The third-order valence-corrected chi connectivity index (χ3v) is 3.48. The number of anilines is 2. The van der Waals surface area contributed by atoms with Gasteiger partial charge in [0.25, 0.3) is 0 Å². The number of rotatable bonds is 6. The summed E-state index contributed by atoms with van der Waals surface area (Å²) in [5.41, 5.74) is 9.26. The standard InChI is InChI=1S/C16H25N3O/c1-2-3-4-8-18-16-14(6-5-7-15(16)17)13-19-9-11-20-12-10-19/h3-7,18H,2,8-13,17H2,1H3/b4-3+. The molecule has 1 heterocycles. The molecule has 1 aliphatic rings. The summed E-state index contributed by atoms with van der Waals surface area (Å²) < 4.78 is 5.39. The first-order chi connectivity index (χ1) is 9.81. The topological polar surface area (TPSA) is 50.5 Å². The van der Waals surface area contributed by atoms with E-state index in [0.29, 0.717) is 0 Å². The minimum absolute atomic E-state index is 0.818. The minimum Gasteiger partial charge on any atom is -0.397 e. The summed E-state index contributed by atoms with van der Waals surface area (Å²) >= 11 is 0. The fourth-order valence-electron chi connectivity index (χ4n) is 2.38. The van der Waals surface area contributed by atoms with Gasteiger partial charge in [0.2, 0.25) is 0 Å². The lowest BCUT2D eigenvalue weighted by Gasteiger charge is -2.27. The van der Waals surface area contributed by atoms with Gasteiger partial charge in [-0.2, -0.15) is 0 Å². The number of ether oxygens (including phenoxy) is 1. The maximum absolute atomic E-state index is 6.11. The van der Waals surface area contributed by atoms with Crippen molar-refractivity contribution in [2.75, 3.05) is 43.9 Å². The Morgan fingerprint density at radius 1 is 1.30 bits per heavy atom. The van der Waals surface area contributed by atoms with Crippen molar-refractivity contribution in [3.8, 4) is 0 Å². The van der Waals surface area contributed by atoms with Gasteiger partial charge in [-0.3, -0.25) is 4.90 Å². The number of benzene rings is 1. The van der Waals surface area contributed by atoms with E-state index < -0.39 is 0 Å². The van der Waals surface area contributed by atoms with Crippen LogP contribution >= 0.6 is 0 Å². The summed E-state index contributed by atoms with van der Waals surface area (Å²) in [4.78, 5) is 2.41. The maximum Gasteiger partial charge on any atom is 0.0622 e. The molecule has 20 heavy (non-hydrogen) atoms. The Balaban J connectivity index is 2.02. The van der Waals surface area contributed by atoms with Gasteiger partial charge in [-0.15, -0.1) is 0 Å². The maximum atomic E-state index is 6.11. The van der Waals surface area contributed by atoms with E-state index in [1.54, 1.807) is 0 Å². The zero-order valence-corrected chi connectivity index (χ0v) is 12.3. The SMILES string of the molecule is CC/C=C/CNc1c(N)cccc1CN1CCOCC1. The van der Waals surface area contributed by atoms with Crippen molar-refractivity contribution in [3.05, 3.63) is 35.9 Å². The minimum atomic E-state index is 0.818. The molecular weight excluding hydrogens is 250 g/mol. The van der Waals surface area contributed by atoms with Crippen molar-refractivity contribution >= 4 is 11.4 Å². The highest BCUT2D eigenvalue weighted by atomic mass is 16.5. The van der Waals surface area contributed by atoms with Gasteiger partial charge in [-0.25, -0.2) is 0 Å². The molecule has 0 saturated carbocycles. The quantitative estimate of drug-likeness (QED) is 0.618. The van der Waals surface area contributed by atoms with Crippen molar-refractivity contribution in [2.24, 2.45) is 0 Å². The summed E-state index contributed by atoms with van der Waals surface area (Å²) in [5.74, 6) is 0. The molecule has 1 aliphatic heterocycles. The molecule has 1 fully saturated rings. The molecule has 1 aromatic rings. The van der Waals surface area contributed by atoms with Gasteiger partial charge in [-0.1, -0.05) is 31.2 Å². The molecule has 0 radical (unpaired) electrons. The smallest absolute Gasteiger partial charge is 0.0622 e. The average Bonchev–Trinajstić information content (AvgIpc) is 2.47. The van der Waals surface area contributed by atoms with Crippen LogP contribution in [0.2, 0.25) is 0 Å². The van der Waals surface area contributed by atoms with Gasteiger partial charge < -0.3 is 15.8 Å². The van der Waals surface area contributed by atoms with Crippen molar-refractivity contribution < 1.29 is 4.74 Å². The highest BCUT2D eigenvalue weighted by molar-refractivity contribution is 5.70. The third-order valence-electron chi connectivity index (χ3n) is 3.48. The van der Waals surface area contributed by atoms with Gasteiger partial charge in [0.05, 0.1) is 24.6 Å². The number of nitrogen functional groups attached to an aromatic ring is 1. The van der Waals surface area contributed by atoms with Crippen molar-refractivity contribution in [1.82, 2.24) is 4.90 Å². The number of nitrogens with two attached hydrogens (primary N) is 1. The molecule has 3 N–H and O–H groups in total. The number of allylic oxidation sites excluding steroid dienone is 1. The molecule has 1 aromatic carbocycles. The molecule has 4 nitrogen and oxygen atoms in total. The van der Waals surface area contributed by atoms with E-state index in [1.807, 2.05) is 12.1 Å². The second-order valence-corrected chi connectivity index (χ2v) is 5.03. The Hall–Kier alpha value is -1.52. The second-order valence-electron chi connectivity index (χ2n) is 5.03. The molecule has 1 saturated heterocycles. The van der Waals surface area contributed by atoms with Crippen LogP contribution < -0.4 is 11.1 Å². The van der Waals surface area contributed by atoms with Crippen LogP contribution in [0.3, 0.4) is 0 Å². The molecular formula is C16H25N3O. The van der Waals surface area contributed by atoms with E-state index in [-0.39, 0.29) is 0 Å². The zero-order chi connectivity index (χ0) is 14.2. The number of para-hydroxylation sites is 1. The normalized spacial score (nSPS) is 16.6. The van der Waals surface area contributed by atoms with Crippen molar-refractivity contribution in [3.63, 3.8) is 0 Å². The molecule has 0 atom stereocenters. The van der Waals surface area contributed by atoms with Crippen molar-refractivity contribution in [2.45, 2.75) is 19.9 Å². The van der Waals surface area contributed by atoms with Gasteiger partial charge in [0.1, 0.15) is 0 Å². The molecule has 0 aliphatic carbocycles. The summed E-state index contributed by atoms with van der Waals surface area (Å²) in [6.45, 7) is 7.51. The van der Waals surface area contributed by atoms with E-state index >= 15 is 0 Å². The Labute approximate surface area is 121 Å². The van der Waals surface area contributed by atoms with Crippen LogP contribution in [0.1, 0.15) is 18.9 Å². The van der Waals surface area contributed by atoms with E-state index in [4.69, 9.17) is 10.5 Å². The number of morpholine rings is 1. The first-order valence-corrected chi connectivity index (χ1v) is 7.37. The van der Waals surface area contributed by atoms with Crippen LogP contribution in [0.25, 0.3) is 0 Å². The van der Waals surface area contributed by atoms with E-state index in [1.165, 1.54) is 5.56 Å². The van der Waals surface area contributed by atoms with Crippen LogP contribution in [-0.4, -0.2) is 37.7 Å². The van der Waals surface area contributed by atoms with E-state index in [2.05, 4.69) is 35.4 Å². The zero-order valence-electron chi connectivity index (χ0n) is 12.3. The first kappa shape index (κ1) is 14.9. The predicted octanol–water partition coefficient (Wildman–Crippen LogP) is 2.48. The molecule has 0 spiro atoms. The number of hydrogen-bond acceptors (Lipinski definition) is 4. The largest absolute Gasteiger partial charge is 0.397 e. The predicted molar refractivity (Wildman–Crippen MR) is 84.9 cm³/mol. The van der Waals surface area contributed by atoms with Crippen molar-refractivity contribution in [1.29, 1.82) is 0 Å². The van der Waals surface area contributed by atoms with E-state index in [0.717, 1.165) is 57.2 Å². The van der Waals surface area contributed by atoms with Crippen LogP contribution in [0.4, 0.5) is 11.4 Å².